The van der Waals surface area contributed by atoms with Gasteiger partial charge >= 0.3 is 0 Å². The van der Waals surface area contributed by atoms with Crippen LogP contribution in [0.4, 0.5) is 0 Å². The summed E-state index contributed by atoms with van der Waals surface area (Å²) in [4.78, 5) is 15.3. The summed E-state index contributed by atoms with van der Waals surface area (Å²) in [5, 5.41) is 11.7. The van der Waals surface area contributed by atoms with Crippen molar-refractivity contribution in [3.8, 4) is 11.5 Å². The van der Waals surface area contributed by atoms with Crippen molar-refractivity contribution in [2.45, 2.75) is 63.4 Å². The summed E-state index contributed by atoms with van der Waals surface area (Å²) < 4.78 is 47.7. The van der Waals surface area contributed by atoms with Gasteiger partial charge in [0.25, 0.3) is 10.0 Å². The van der Waals surface area contributed by atoms with Crippen LogP contribution in [0, 0.1) is 6.92 Å². The normalized spacial score (nSPS) is 18.5. The van der Waals surface area contributed by atoms with E-state index in [1.54, 1.807) is 36.0 Å². The highest BCUT2D eigenvalue weighted by Crippen LogP contribution is 2.36. The number of carbonyl (C=O) groups excluding carboxylic acids is 1. The summed E-state index contributed by atoms with van der Waals surface area (Å²) in [7, 11) is -0.615. The maximum absolute atomic E-state index is 13.9. The number of ether oxygens (including phenoxy) is 2. The fourth-order valence-corrected chi connectivity index (χ4v) is 7.21. The predicted octanol–water partition coefficient (Wildman–Crippen LogP) is 3.76. The number of fused-ring (bicyclic) bond motifs is 2. The van der Waals surface area contributed by atoms with E-state index in [4.69, 9.17) is 13.9 Å². The highest BCUT2D eigenvalue weighted by Gasteiger charge is 2.39. The molecule has 44 heavy (non-hydrogen) atoms. The van der Waals surface area contributed by atoms with Gasteiger partial charge in [0.1, 0.15) is 23.1 Å². The van der Waals surface area contributed by atoms with Gasteiger partial charge < -0.3 is 19.2 Å². The molecular weight excluding hydrogens is 584 g/mol. The van der Waals surface area contributed by atoms with E-state index < -0.39 is 22.0 Å². The number of hydrogen-bond donors (Lipinski definition) is 1. The molecule has 2 aliphatic heterocycles. The lowest BCUT2D eigenvalue weighted by atomic mass is 9.98. The SMILES string of the molecule is COc1ccc2oc(S(=O)(=O)N3C=CNC(=O)C3Cc3cn(C4CCOc5cc(CN(C)C(C)C)ccc54)nn3)c(C)c2c1. The first-order valence-corrected chi connectivity index (χ1v) is 15.9. The van der Waals surface area contributed by atoms with E-state index in [9.17, 15) is 13.2 Å². The number of methoxy groups -OCH3 is 1. The van der Waals surface area contributed by atoms with E-state index >= 15 is 0 Å². The third-order valence-electron chi connectivity index (χ3n) is 8.35. The highest BCUT2D eigenvalue weighted by atomic mass is 32.2. The molecule has 0 fully saturated rings. The number of hydrogen-bond acceptors (Lipinski definition) is 9. The highest BCUT2D eigenvalue weighted by molar-refractivity contribution is 7.89. The summed E-state index contributed by atoms with van der Waals surface area (Å²) in [6, 6.07) is 10.6. The molecule has 2 unspecified atom stereocenters. The summed E-state index contributed by atoms with van der Waals surface area (Å²) in [6.45, 7) is 7.33. The molecule has 2 aromatic heterocycles. The van der Waals surface area contributed by atoms with E-state index in [0.29, 0.717) is 47.0 Å². The minimum Gasteiger partial charge on any atom is -0.497 e. The maximum atomic E-state index is 13.9. The van der Waals surface area contributed by atoms with Gasteiger partial charge in [-0.25, -0.2) is 4.68 Å². The van der Waals surface area contributed by atoms with Gasteiger partial charge in [0.15, 0.2) is 0 Å². The largest absolute Gasteiger partial charge is 0.497 e. The van der Waals surface area contributed by atoms with Gasteiger partial charge in [0, 0.05) is 60.5 Å². The predicted molar refractivity (Wildman–Crippen MR) is 163 cm³/mol. The van der Waals surface area contributed by atoms with Crippen molar-refractivity contribution in [3.63, 3.8) is 0 Å². The lowest BCUT2D eigenvalue weighted by molar-refractivity contribution is -0.124. The van der Waals surface area contributed by atoms with Crippen LogP contribution >= 0.6 is 0 Å². The zero-order valence-corrected chi connectivity index (χ0v) is 26.2. The summed E-state index contributed by atoms with van der Waals surface area (Å²) in [5.41, 5.74) is 3.48. The minimum atomic E-state index is -4.25. The van der Waals surface area contributed by atoms with Crippen molar-refractivity contribution in [3.05, 3.63) is 77.4 Å². The first kappa shape index (κ1) is 29.7. The molecule has 2 aromatic carbocycles. The number of aromatic nitrogens is 3. The molecule has 0 aliphatic carbocycles. The van der Waals surface area contributed by atoms with Crippen molar-refractivity contribution in [1.82, 2.24) is 29.5 Å². The molecule has 232 valence electrons. The number of aryl methyl sites for hydroxylation is 1. The van der Waals surface area contributed by atoms with Gasteiger partial charge in [-0.15, -0.1) is 5.10 Å². The van der Waals surface area contributed by atoms with Crippen molar-refractivity contribution in [1.29, 1.82) is 0 Å². The number of amides is 1. The van der Waals surface area contributed by atoms with E-state index in [-0.39, 0.29) is 17.6 Å². The number of nitrogens with one attached hydrogen (secondary N) is 1. The van der Waals surface area contributed by atoms with Gasteiger partial charge in [-0.1, -0.05) is 17.3 Å². The second-order valence-electron chi connectivity index (χ2n) is 11.5. The molecule has 1 N–H and O–H groups in total. The zero-order chi connectivity index (χ0) is 31.2. The first-order valence-electron chi connectivity index (χ1n) is 14.5. The van der Waals surface area contributed by atoms with Crippen LogP contribution in [0.15, 0.2) is 64.5 Å². The fourth-order valence-electron chi connectivity index (χ4n) is 5.60. The molecule has 0 saturated carbocycles. The molecule has 4 heterocycles. The lowest BCUT2D eigenvalue weighted by Crippen LogP contribution is -2.50. The Morgan fingerprint density at radius 3 is 2.80 bits per heavy atom. The zero-order valence-electron chi connectivity index (χ0n) is 25.4. The second kappa shape index (κ2) is 11.6. The smallest absolute Gasteiger partial charge is 0.298 e. The quantitative estimate of drug-likeness (QED) is 0.297. The van der Waals surface area contributed by atoms with Gasteiger partial charge in [0.2, 0.25) is 11.0 Å². The molecule has 1 amide bonds. The van der Waals surface area contributed by atoms with Crippen LogP contribution in [0.1, 0.15) is 48.7 Å². The van der Waals surface area contributed by atoms with Crippen molar-refractivity contribution in [2.75, 3.05) is 20.8 Å². The molecule has 0 spiro atoms. The van der Waals surface area contributed by atoms with Crippen LogP contribution in [-0.2, 0) is 27.8 Å². The van der Waals surface area contributed by atoms with E-state index in [1.165, 1.54) is 19.5 Å². The summed E-state index contributed by atoms with van der Waals surface area (Å²) in [6.07, 6.45) is 5.13. The van der Waals surface area contributed by atoms with Gasteiger partial charge in [-0.3, -0.25) is 14.0 Å². The second-order valence-corrected chi connectivity index (χ2v) is 13.2. The Labute approximate surface area is 256 Å². The Kier molecular flexibility index (Phi) is 7.84. The van der Waals surface area contributed by atoms with Crippen LogP contribution in [0.3, 0.4) is 0 Å². The van der Waals surface area contributed by atoms with Crippen molar-refractivity contribution < 1.29 is 27.1 Å². The van der Waals surface area contributed by atoms with Gasteiger partial charge in [0.05, 0.1) is 25.5 Å². The van der Waals surface area contributed by atoms with Crippen LogP contribution in [0.2, 0.25) is 0 Å². The summed E-state index contributed by atoms with van der Waals surface area (Å²) >= 11 is 0. The lowest BCUT2D eigenvalue weighted by Gasteiger charge is -2.30. The molecule has 0 saturated heterocycles. The van der Waals surface area contributed by atoms with Crippen LogP contribution in [0.5, 0.6) is 11.5 Å². The Bertz CT molecular complexity index is 1850. The average molecular weight is 621 g/mol. The third-order valence-corrected chi connectivity index (χ3v) is 10.1. The number of rotatable bonds is 9. The molecule has 0 bridgehead atoms. The molecular formula is C31H36N6O6S. The molecule has 2 aliphatic rings. The van der Waals surface area contributed by atoms with Gasteiger partial charge in [-0.05, 0) is 57.6 Å². The first-order chi connectivity index (χ1) is 21.1. The van der Waals surface area contributed by atoms with Crippen LogP contribution in [-0.4, -0.2) is 71.4 Å². The number of furan rings is 1. The van der Waals surface area contributed by atoms with Crippen molar-refractivity contribution >= 4 is 26.9 Å². The van der Waals surface area contributed by atoms with Crippen LogP contribution in [0.25, 0.3) is 11.0 Å². The third kappa shape index (κ3) is 5.41. The minimum absolute atomic E-state index is 0.0130. The monoisotopic (exact) mass is 620 g/mol. The summed E-state index contributed by atoms with van der Waals surface area (Å²) in [5.74, 6) is 0.923. The maximum Gasteiger partial charge on any atom is 0.298 e. The average Bonchev–Trinajstić information content (AvgIpc) is 3.61. The Hall–Kier alpha value is -4.36. The number of benzene rings is 2. The standard InChI is InChI=1S/C31H36N6O6S/c1-19(2)35(4)17-21-6-8-24-26(10-13-42-29(24)14-21)36-18-22(33-34-36)15-27-30(38)32-11-12-37(27)44(39,40)31-20(3)25-16-23(41-5)7-9-28(25)43-31/h6-9,11-12,14,16,18-19,26-27H,10,13,15,17H2,1-5H3,(H,32,38). The number of sulfonamides is 1. The number of carbonyl (C=O) groups is 1. The Morgan fingerprint density at radius 1 is 1.20 bits per heavy atom. The number of nitrogens with zero attached hydrogens (tertiary/aromatic N) is 5. The molecule has 6 rings (SSSR count). The van der Waals surface area contributed by atoms with Crippen LogP contribution < -0.4 is 14.8 Å². The fraction of sp³-hybridized carbons (Fsp3) is 0.387. The van der Waals surface area contributed by atoms with E-state index in [0.717, 1.165) is 27.7 Å². The molecule has 12 nitrogen and oxygen atoms in total. The van der Waals surface area contributed by atoms with E-state index in [1.807, 2.05) is 0 Å². The Morgan fingerprint density at radius 2 is 2.02 bits per heavy atom. The Balaban J connectivity index is 1.25. The molecule has 0 radical (unpaired) electrons. The topological polar surface area (TPSA) is 132 Å². The molecule has 4 aromatic rings. The van der Waals surface area contributed by atoms with E-state index in [2.05, 4.69) is 59.6 Å². The molecule has 13 heteroatoms. The van der Waals surface area contributed by atoms with Crippen molar-refractivity contribution in [2.24, 2.45) is 0 Å². The van der Waals surface area contributed by atoms with Gasteiger partial charge in [-0.2, -0.15) is 8.42 Å². The molecule has 2 atom stereocenters.